The number of urea groups is 1. The SMILES string of the molecule is Nc1ncnc2c1c(C(=O)c1cccc(NC(=O)Nc3cc(F)cc(F)c3)c1)cn2C1CCCC1. The summed E-state index contributed by atoms with van der Waals surface area (Å²) in [5, 5.41) is 5.45. The summed E-state index contributed by atoms with van der Waals surface area (Å²) in [4.78, 5) is 34.3. The van der Waals surface area contributed by atoms with Gasteiger partial charge in [0.25, 0.3) is 0 Å². The molecule has 2 aromatic carbocycles. The number of hydrogen-bond acceptors (Lipinski definition) is 5. The van der Waals surface area contributed by atoms with E-state index < -0.39 is 17.7 Å². The van der Waals surface area contributed by atoms with Gasteiger partial charge >= 0.3 is 6.03 Å². The number of halogens is 2. The Hall–Kier alpha value is -4.34. The van der Waals surface area contributed by atoms with Crippen molar-refractivity contribution in [2.45, 2.75) is 31.7 Å². The molecule has 4 aromatic rings. The first-order valence-electron chi connectivity index (χ1n) is 11.2. The van der Waals surface area contributed by atoms with Crippen LogP contribution in [0.1, 0.15) is 47.6 Å². The van der Waals surface area contributed by atoms with Crippen molar-refractivity contribution in [2.75, 3.05) is 16.4 Å². The molecule has 0 bridgehead atoms. The average molecular weight is 476 g/mol. The molecule has 1 aliphatic carbocycles. The molecule has 0 spiro atoms. The van der Waals surface area contributed by atoms with Gasteiger partial charge in [0.15, 0.2) is 5.78 Å². The van der Waals surface area contributed by atoms with Gasteiger partial charge in [-0.1, -0.05) is 25.0 Å². The van der Waals surface area contributed by atoms with Crippen LogP contribution in [0.5, 0.6) is 0 Å². The third kappa shape index (κ3) is 4.54. The lowest BCUT2D eigenvalue weighted by atomic mass is 10.0. The Bertz CT molecular complexity index is 1430. The Labute approximate surface area is 199 Å². The second kappa shape index (κ2) is 9.13. The minimum atomic E-state index is -0.812. The van der Waals surface area contributed by atoms with Gasteiger partial charge in [-0.3, -0.25) is 4.79 Å². The number of fused-ring (bicyclic) bond motifs is 1. The normalized spacial score (nSPS) is 13.8. The highest BCUT2D eigenvalue weighted by molar-refractivity contribution is 6.18. The van der Waals surface area contributed by atoms with Crippen LogP contribution in [-0.4, -0.2) is 26.3 Å². The monoisotopic (exact) mass is 476 g/mol. The van der Waals surface area contributed by atoms with Crippen molar-refractivity contribution in [3.8, 4) is 0 Å². The van der Waals surface area contributed by atoms with E-state index in [2.05, 4.69) is 20.6 Å². The van der Waals surface area contributed by atoms with E-state index in [1.807, 2.05) is 4.57 Å². The van der Waals surface area contributed by atoms with Gasteiger partial charge in [-0.05, 0) is 37.1 Å². The number of ketones is 1. The van der Waals surface area contributed by atoms with Gasteiger partial charge in [0.1, 0.15) is 29.4 Å². The van der Waals surface area contributed by atoms with Gasteiger partial charge in [0.2, 0.25) is 0 Å². The molecule has 10 heteroatoms. The van der Waals surface area contributed by atoms with Crippen molar-refractivity contribution in [1.29, 1.82) is 0 Å². The number of hydrogen-bond donors (Lipinski definition) is 3. The predicted molar refractivity (Wildman–Crippen MR) is 128 cm³/mol. The number of carbonyl (C=O) groups excluding carboxylic acids is 2. The fourth-order valence-corrected chi connectivity index (χ4v) is 4.55. The second-order valence-corrected chi connectivity index (χ2v) is 8.49. The highest BCUT2D eigenvalue weighted by atomic mass is 19.1. The molecule has 4 N–H and O–H groups in total. The number of carbonyl (C=O) groups is 2. The summed E-state index contributed by atoms with van der Waals surface area (Å²) in [5.74, 6) is -1.68. The molecule has 35 heavy (non-hydrogen) atoms. The molecule has 2 aromatic heterocycles. The fourth-order valence-electron chi connectivity index (χ4n) is 4.55. The first-order valence-corrected chi connectivity index (χ1v) is 11.2. The average Bonchev–Trinajstić information content (AvgIpc) is 3.46. The lowest BCUT2D eigenvalue weighted by Crippen LogP contribution is -2.19. The molecular formula is C25H22F2N6O2. The maximum Gasteiger partial charge on any atom is 0.323 e. The molecule has 178 valence electrons. The Balaban J connectivity index is 1.41. The topological polar surface area (TPSA) is 115 Å². The molecule has 0 atom stereocenters. The smallest absolute Gasteiger partial charge is 0.323 e. The number of aromatic nitrogens is 3. The predicted octanol–water partition coefficient (Wildman–Crippen LogP) is 5.28. The van der Waals surface area contributed by atoms with E-state index in [1.165, 1.54) is 12.4 Å². The number of rotatable bonds is 5. The molecule has 8 nitrogen and oxygen atoms in total. The second-order valence-electron chi connectivity index (χ2n) is 8.49. The first-order chi connectivity index (χ1) is 16.9. The number of benzene rings is 2. The van der Waals surface area contributed by atoms with Gasteiger partial charge < -0.3 is 20.9 Å². The van der Waals surface area contributed by atoms with E-state index in [1.54, 1.807) is 24.4 Å². The first kappa shape index (κ1) is 22.5. The zero-order valence-electron chi connectivity index (χ0n) is 18.6. The van der Waals surface area contributed by atoms with Gasteiger partial charge in [-0.25, -0.2) is 23.5 Å². The zero-order chi connectivity index (χ0) is 24.5. The third-order valence-electron chi connectivity index (χ3n) is 6.10. The van der Waals surface area contributed by atoms with Crippen molar-refractivity contribution in [1.82, 2.24) is 14.5 Å². The molecule has 1 aliphatic rings. The molecule has 0 unspecified atom stereocenters. The Morgan fingerprint density at radius 1 is 0.971 bits per heavy atom. The van der Waals surface area contributed by atoms with Crippen LogP contribution in [0.4, 0.5) is 30.8 Å². The highest BCUT2D eigenvalue weighted by Gasteiger charge is 2.25. The van der Waals surface area contributed by atoms with E-state index in [-0.39, 0.29) is 23.3 Å². The molecule has 0 saturated heterocycles. The third-order valence-corrected chi connectivity index (χ3v) is 6.10. The molecule has 1 fully saturated rings. The van der Waals surface area contributed by atoms with Crippen molar-refractivity contribution in [2.24, 2.45) is 0 Å². The Morgan fingerprint density at radius 3 is 2.43 bits per heavy atom. The van der Waals surface area contributed by atoms with Crippen molar-refractivity contribution in [3.63, 3.8) is 0 Å². The number of nitrogens with zero attached hydrogens (tertiary/aromatic N) is 3. The molecule has 2 amide bonds. The van der Waals surface area contributed by atoms with E-state index in [0.717, 1.165) is 37.8 Å². The molecule has 1 saturated carbocycles. The summed E-state index contributed by atoms with van der Waals surface area (Å²) in [6.07, 6.45) is 7.43. The van der Waals surface area contributed by atoms with E-state index in [4.69, 9.17) is 5.73 Å². The minimum Gasteiger partial charge on any atom is -0.383 e. The fraction of sp³-hybridized carbons (Fsp3) is 0.200. The van der Waals surface area contributed by atoms with Gasteiger partial charge in [-0.15, -0.1) is 0 Å². The van der Waals surface area contributed by atoms with Gasteiger partial charge in [0, 0.05) is 35.2 Å². The van der Waals surface area contributed by atoms with E-state index in [9.17, 15) is 18.4 Å². The quantitative estimate of drug-likeness (QED) is 0.339. The molecule has 0 radical (unpaired) electrons. The van der Waals surface area contributed by atoms with Crippen LogP contribution in [0.15, 0.2) is 55.0 Å². The van der Waals surface area contributed by atoms with Crippen LogP contribution < -0.4 is 16.4 Å². The van der Waals surface area contributed by atoms with Crippen LogP contribution in [-0.2, 0) is 0 Å². The van der Waals surface area contributed by atoms with E-state index >= 15 is 0 Å². The summed E-state index contributed by atoms with van der Waals surface area (Å²) in [7, 11) is 0. The van der Waals surface area contributed by atoms with Crippen LogP contribution in [0.2, 0.25) is 0 Å². The largest absolute Gasteiger partial charge is 0.383 e. The number of nitrogen functional groups attached to an aromatic ring is 1. The zero-order valence-corrected chi connectivity index (χ0v) is 18.6. The van der Waals surface area contributed by atoms with Crippen molar-refractivity contribution in [3.05, 3.63) is 77.8 Å². The summed E-state index contributed by atoms with van der Waals surface area (Å²) in [6, 6.07) is 8.61. The Morgan fingerprint density at radius 2 is 1.69 bits per heavy atom. The van der Waals surface area contributed by atoms with E-state index in [0.29, 0.717) is 33.9 Å². The summed E-state index contributed by atoms with van der Waals surface area (Å²) >= 11 is 0. The molecular weight excluding hydrogens is 454 g/mol. The summed E-state index contributed by atoms with van der Waals surface area (Å²) < 4.78 is 28.8. The lowest BCUT2D eigenvalue weighted by molar-refractivity contribution is 0.104. The van der Waals surface area contributed by atoms with Crippen LogP contribution in [0.3, 0.4) is 0 Å². The number of amides is 2. The van der Waals surface area contributed by atoms with Crippen molar-refractivity contribution >= 4 is 40.0 Å². The van der Waals surface area contributed by atoms with Gasteiger partial charge in [-0.2, -0.15) is 0 Å². The van der Waals surface area contributed by atoms with Crippen LogP contribution >= 0.6 is 0 Å². The minimum absolute atomic E-state index is 0.0394. The molecule has 0 aliphatic heterocycles. The van der Waals surface area contributed by atoms with Gasteiger partial charge in [0.05, 0.1) is 10.9 Å². The standard InChI is InChI=1S/C25H22F2N6O2/c26-15-9-16(27)11-18(10-15)32-25(35)31-17-5-3-4-14(8-17)22(34)20-12-33(19-6-1-2-7-19)24-21(20)23(28)29-13-30-24/h3-5,8-13,19H,1-2,6-7H2,(H2,28,29,30)(H2,31,32,35). The Kier molecular flexibility index (Phi) is 5.86. The summed E-state index contributed by atoms with van der Waals surface area (Å²) in [6.45, 7) is 0. The lowest BCUT2D eigenvalue weighted by Gasteiger charge is -2.12. The van der Waals surface area contributed by atoms with Crippen molar-refractivity contribution < 1.29 is 18.4 Å². The van der Waals surface area contributed by atoms with Crippen LogP contribution in [0.25, 0.3) is 11.0 Å². The number of nitrogens with two attached hydrogens (primary N) is 1. The maximum absolute atomic E-state index is 13.5. The number of anilines is 3. The number of nitrogens with one attached hydrogen (secondary N) is 2. The maximum atomic E-state index is 13.5. The molecule has 2 heterocycles. The molecule has 5 rings (SSSR count). The van der Waals surface area contributed by atoms with Crippen LogP contribution in [0, 0.1) is 11.6 Å². The highest BCUT2D eigenvalue weighted by Crippen LogP contribution is 2.35. The summed E-state index contributed by atoms with van der Waals surface area (Å²) in [5.41, 5.74) is 7.77.